The minimum atomic E-state index is -0.724. The van der Waals surface area contributed by atoms with Crippen LogP contribution < -0.4 is 5.32 Å². The number of amides is 3. The molecule has 1 heterocycles. The summed E-state index contributed by atoms with van der Waals surface area (Å²) in [5, 5.41) is 2.66. The second kappa shape index (κ2) is 7.65. The first-order valence-electron chi connectivity index (χ1n) is 8.53. The van der Waals surface area contributed by atoms with E-state index < -0.39 is 23.6 Å². The monoisotopic (exact) mass is 372 g/mol. The number of rotatable bonds is 5. The van der Waals surface area contributed by atoms with Crippen molar-refractivity contribution in [1.82, 2.24) is 10.2 Å². The summed E-state index contributed by atoms with van der Waals surface area (Å²) in [6.45, 7) is 1.78. The van der Waals surface area contributed by atoms with Gasteiger partial charge >= 0.3 is 0 Å². The van der Waals surface area contributed by atoms with E-state index in [0.29, 0.717) is 5.56 Å². The Bertz CT molecular complexity index is 881. The molecule has 7 heteroatoms. The number of nitrogens with zero attached hydrogens (tertiary/aromatic N) is 1. The molecule has 5 nitrogen and oxygen atoms in total. The van der Waals surface area contributed by atoms with Crippen molar-refractivity contribution in [3.63, 3.8) is 0 Å². The Hall–Kier alpha value is -3.09. The summed E-state index contributed by atoms with van der Waals surface area (Å²) >= 11 is 0. The molecule has 0 bridgehead atoms. The summed E-state index contributed by atoms with van der Waals surface area (Å²) in [4.78, 5) is 36.9. The van der Waals surface area contributed by atoms with Gasteiger partial charge in [-0.3, -0.25) is 19.3 Å². The molecule has 1 aliphatic heterocycles. The van der Waals surface area contributed by atoms with E-state index in [1.54, 1.807) is 31.2 Å². The van der Waals surface area contributed by atoms with Gasteiger partial charge in [-0.25, -0.2) is 8.78 Å². The first kappa shape index (κ1) is 18.7. The second-order valence-corrected chi connectivity index (χ2v) is 6.43. The summed E-state index contributed by atoms with van der Waals surface area (Å²) < 4.78 is 26.8. The molecule has 2 aromatic carbocycles. The maximum absolute atomic E-state index is 13.8. The van der Waals surface area contributed by atoms with Crippen LogP contribution in [0, 0.1) is 11.6 Å². The number of benzene rings is 2. The molecular formula is C20H18F2N2O3. The van der Waals surface area contributed by atoms with Crippen molar-refractivity contribution < 1.29 is 23.2 Å². The molecule has 0 spiro atoms. The highest BCUT2D eigenvalue weighted by molar-refractivity contribution is 6.01. The summed E-state index contributed by atoms with van der Waals surface area (Å²) in [6, 6.07) is 9.03. The molecule has 1 N–H and O–H groups in total. The lowest BCUT2D eigenvalue weighted by atomic mass is 10.1. The molecule has 1 atom stereocenters. The van der Waals surface area contributed by atoms with E-state index in [-0.39, 0.29) is 36.8 Å². The number of carbonyl (C=O) groups excluding carboxylic acids is 3. The number of halogens is 2. The molecule has 0 aliphatic carbocycles. The lowest BCUT2D eigenvalue weighted by Crippen LogP contribution is -2.28. The highest BCUT2D eigenvalue weighted by Crippen LogP contribution is 2.19. The van der Waals surface area contributed by atoms with E-state index in [4.69, 9.17) is 0 Å². The Morgan fingerprint density at radius 2 is 1.70 bits per heavy atom. The first-order valence-corrected chi connectivity index (χ1v) is 8.53. The van der Waals surface area contributed by atoms with Crippen LogP contribution in [0.3, 0.4) is 0 Å². The average Bonchev–Trinajstić information content (AvgIpc) is 2.94. The third kappa shape index (κ3) is 4.19. The van der Waals surface area contributed by atoms with Gasteiger partial charge < -0.3 is 5.32 Å². The lowest BCUT2D eigenvalue weighted by Gasteiger charge is -2.16. The van der Waals surface area contributed by atoms with Crippen LogP contribution in [0.4, 0.5) is 8.78 Å². The van der Waals surface area contributed by atoms with Gasteiger partial charge in [0.05, 0.1) is 12.6 Å². The van der Waals surface area contributed by atoms with Crippen LogP contribution in [0.1, 0.15) is 47.3 Å². The fourth-order valence-electron chi connectivity index (χ4n) is 2.95. The van der Waals surface area contributed by atoms with Crippen molar-refractivity contribution in [1.29, 1.82) is 0 Å². The van der Waals surface area contributed by atoms with Gasteiger partial charge in [0.2, 0.25) is 11.8 Å². The predicted octanol–water partition coefficient (Wildman–Crippen LogP) is 3.10. The average molecular weight is 372 g/mol. The van der Waals surface area contributed by atoms with Crippen LogP contribution in [-0.2, 0) is 16.1 Å². The van der Waals surface area contributed by atoms with Crippen molar-refractivity contribution in [3.05, 3.63) is 70.8 Å². The summed E-state index contributed by atoms with van der Waals surface area (Å²) in [6.07, 6.45) is 0.467. The number of nitrogens with one attached hydrogen (secondary N) is 1. The Morgan fingerprint density at radius 1 is 1.07 bits per heavy atom. The minimum absolute atomic E-state index is 0.177. The zero-order chi connectivity index (χ0) is 19.6. The van der Waals surface area contributed by atoms with Gasteiger partial charge in [-0.1, -0.05) is 18.2 Å². The van der Waals surface area contributed by atoms with Crippen LogP contribution in [0.5, 0.6) is 0 Å². The number of hydrogen-bond acceptors (Lipinski definition) is 3. The van der Waals surface area contributed by atoms with E-state index in [2.05, 4.69) is 5.32 Å². The molecule has 0 saturated carbocycles. The van der Waals surface area contributed by atoms with Crippen LogP contribution >= 0.6 is 0 Å². The SMILES string of the molecule is CC(NC(=O)c1ccc(CN2C(=O)CCC2=O)cc1)c1ccc(F)cc1F. The molecule has 2 aromatic rings. The van der Waals surface area contributed by atoms with Gasteiger partial charge in [-0.2, -0.15) is 0 Å². The van der Waals surface area contributed by atoms with Gasteiger partial charge in [-0.05, 0) is 30.7 Å². The molecule has 0 aromatic heterocycles. The number of carbonyl (C=O) groups is 3. The topological polar surface area (TPSA) is 66.5 Å². The van der Waals surface area contributed by atoms with Crippen molar-refractivity contribution in [2.45, 2.75) is 32.4 Å². The van der Waals surface area contributed by atoms with E-state index in [1.807, 2.05) is 0 Å². The normalized spacial score (nSPS) is 15.1. The zero-order valence-electron chi connectivity index (χ0n) is 14.7. The van der Waals surface area contributed by atoms with Gasteiger partial charge in [0.15, 0.2) is 0 Å². The standard InChI is InChI=1S/C20H18F2N2O3/c1-12(16-7-6-15(21)10-17(16)22)23-20(27)14-4-2-13(3-5-14)11-24-18(25)8-9-19(24)26/h2-7,10,12H,8-9,11H2,1H3,(H,23,27). The van der Waals surface area contributed by atoms with Crippen molar-refractivity contribution in [2.24, 2.45) is 0 Å². The third-order valence-corrected chi connectivity index (χ3v) is 4.49. The molecule has 27 heavy (non-hydrogen) atoms. The number of hydrogen-bond donors (Lipinski definition) is 1. The molecular weight excluding hydrogens is 354 g/mol. The van der Waals surface area contributed by atoms with Crippen LogP contribution in [0.25, 0.3) is 0 Å². The van der Waals surface area contributed by atoms with Gasteiger partial charge in [0.25, 0.3) is 5.91 Å². The molecule has 1 unspecified atom stereocenters. The summed E-state index contributed by atoms with van der Waals surface area (Å²) in [7, 11) is 0. The smallest absolute Gasteiger partial charge is 0.251 e. The maximum Gasteiger partial charge on any atom is 0.251 e. The van der Waals surface area contributed by atoms with Gasteiger partial charge in [-0.15, -0.1) is 0 Å². The van der Waals surface area contributed by atoms with E-state index in [1.165, 1.54) is 11.0 Å². The molecule has 1 fully saturated rings. The minimum Gasteiger partial charge on any atom is -0.345 e. The molecule has 3 amide bonds. The van der Waals surface area contributed by atoms with E-state index in [0.717, 1.165) is 17.7 Å². The second-order valence-electron chi connectivity index (χ2n) is 6.43. The molecule has 0 radical (unpaired) electrons. The molecule has 140 valence electrons. The molecule has 1 saturated heterocycles. The van der Waals surface area contributed by atoms with Crippen LogP contribution in [0.15, 0.2) is 42.5 Å². The lowest BCUT2D eigenvalue weighted by molar-refractivity contribution is -0.139. The summed E-state index contributed by atoms with van der Waals surface area (Å²) in [5.74, 6) is -2.21. The van der Waals surface area contributed by atoms with E-state index >= 15 is 0 Å². The Kier molecular flexibility index (Phi) is 5.30. The molecule has 1 aliphatic rings. The third-order valence-electron chi connectivity index (χ3n) is 4.49. The highest BCUT2D eigenvalue weighted by atomic mass is 19.1. The fourth-order valence-corrected chi connectivity index (χ4v) is 2.95. The Morgan fingerprint density at radius 3 is 2.30 bits per heavy atom. The van der Waals surface area contributed by atoms with Gasteiger partial charge in [0.1, 0.15) is 11.6 Å². The zero-order valence-corrected chi connectivity index (χ0v) is 14.7. The maximum atomic E-state index is 13.8. The Labute approximate surface area is 155 Å². The van der Waals surface area contributed by atoms with Crippen molar-refractivity contribution in [2.75, 3.05) is 0 Å². The van der Waals surface area contributed by atoms with Crippen LogP contribution in [-0.4, -0.2) is 22.6 Å². The van der Waals surface area contributed by atoms with Crippen LogP contribution in [0.2, 0.25) is 0 Å². The van der Waals surface area contributed by atoms with E-state index in [9.17, 15) is 23.2 Å². The largest absolute Gasteiger partial charge is 0.345 e. The van der Waals surface area contributed by atoms with Gasteiger partial charge in [0, 0.05) is 30.0 Å². The predicted molar refractivity (Wildman–Crippen MR) is 93.5 cm³/mol. The Balaban J connectivity index is 1.65. The summed E-state index contributed by atoms with van der Waals surface area (Å²) in [5.41, 5.74) is 1.27. The fraction of sp³-hybridized carbons (Fsp3) is 0.250. The van der Waals surface area contributed by atoms with Crippen molar-refractivity contribution in [3.8, 4) is 0 Å². The highest BCUT2D eigenvalue weighted by Gasteiger charge is 2.28. The number of imide groups is 1. The molecule has 3 rings (SSSR count). The number of likely N-dealkylation sites (tertiary alicyclic amines) is 1. The first-order chi connectivity index (χ1) is 12.8. The van der Waals surface area contributed by atoms with Crippen molar-refractivity contribution >= 4 is 17.7 Å². The quantitative estimate of drug-likeness (QED) is 0.820.